The van der Waals surface area contributed by atoms with Crippen molar-refractivity contribution < 1.29 is 9.53 Å². The summed E-state index contributed by atoms with van der Waals surface area (Å²) in [5.41, 5.74) is 8.38. The number of thioether (sulfide) groups is 1. The van der Waals surface area contributed by atoms with Crippen molar-refractivity contribution in [2.45, 2.75) is 25.4 Å². The molecule has 0 fully saturated rings. The summed E-state index contributed by atoms with van der Waals surface area (Å²) in [7, 11) is 1.60. The molecule has 0 aromatic heterocycles. The third-order valence-corrected chi connectivity index (χ3v) is 5.35. The molecule has 1 aliphatic rings. The molecule has 1 unspecified atom stereocenters. The highest BCUT2D eigenvalue weighted by molar-refractivity contribution is 8.13. The number of hydrogen-bond acceptors (Lipinski definition) is 5. The summed E-state index contributed by atoms with van der Waals surface area (Å²) in [4.78, 5) is 17.0. The minimum absolute atomic E-state index is 0. The first-order valence-electron chi connectivity index (χ1n) is 8.50. The smallest absolute Gasteiger partial charge is 0.251 e. The Hall–Kier alpha value is -2.18. The summed E-state index contributed by atoms with van der Waals surface area (Å²) in [5.74, 6) is 1.58. The lowest BCUT2D eigenvalue weighted by atomic mass is 9.89. The van der Waals surface area contributed by atoms with Crippen LogP contribution in [0.2, 0.25) is 0 Å². The maximum atomic E-state index is 12.3. The molecule has 5 nitrogen and oxygen atoms in total. The number of carbonyl (C=O) groups is 1. The highest BCUT2D eigenvalue weighted by Crippen LogP contribution is 2.35. The Labute approximate surface area is 170 Å². The van der Waals surface area contributed by atoms with E-state index in [4.69, 9.17) is 10.5 Å². The number of halogens is 1. The van der Waals surface area contributed by atoms with Crippen molar-refractivity contribution in [1.29, 1.82) is 0 Å². The predicted molar refractivity (Wildman–Crippen MR) is 114 cm³/mol. The third kappa shape index (κ3) is 5.17. The van der Waals surface area contributed by atoms with Crippen molar-refractivity contribution in [2.75, 3.05) is 12.9 Å². The zero-order valence-electron chi connectivity index (χ0n) is 15.4. The van der Waals surface area contributed by atoms with Crippen molar-refractivity contribution in [3.05, 3.63) is 65.2 Å². The Bertz CT molecular complexity index is 826. The standard InChI is InChI=1S/C20H23N3O2S.ClH/c1-20(10-11-26-19(21)23-20)16-5-3-4-14(12-16)13-22-18(24)15-6-8-17(25-2)9-7-15;/h3-9,12H,10-11,13H2,1-2H3,(H2,21,23)(H,22,24);1H. The van der Waals surface area contributed by atoms with E-state index in [0.717, 1.165) is 29.1 Å². The molecule has 27 heavy (non-hydrogen) atoms. The number of aliphatic imine (C=N–C) groups is 1. The van der Waals surface area contributed by atoms with Crippen LogP contribution in [0, 0.1) is 0 Å². The number of ether oxygens (including phenoxy) is 1. The molecule has 2 aromatic carbocycles. The van der Waals surface area contributed by atoms with Gasteiger partial charge in [-0.2, -0.15) is 0 Å². The summed E-state index contributed by atoms with van der Waals surface area (Å²) in [5, 5.41) is 3.60. The first kappa shape index (κ1) is 21.1. The van der Waals surface area contributed by atoms with E-state index in [1.807, 2.05) is 12.1 Å². The molecular weight excluding hydrogens is 382 g/mol. The Balaban J connectivity index is 0.00000261. The molecule has 1 amide bonds. The second-order valence-corrected chi connectivity index (χ2v) is 7.55. The van der Waals surface area contributed by atoms with E-state index < -0.39 is 0 Å². The predicted octanol–water partition coefficient (Wildman–Crippen LogP) is 3.71. The van der Waals surface area contributed by atoms with Crippen LogP contribution in [-0.4, -0.2) is 23.9 Å². The van der Waals surface area contributed by atoms with E-state index in [-0.39, 0.29) is 23.9 Å². The SMILES string of the molecule is COc1ccc(C(=O)NCc2cccc(C3(C)CCSC(N)=N3)c2)cc1.Cl. The van der Waals surface area contributed by atoms with Gasteiger partial charge in [-0.25, -0.2) is 0 Å². The van der Waals surface area contributed by atoms with Crippen molar-refractivity contribution in [1.82, 2.24) is 5.32 Å². The quantitative estimate of drug-likeness (QED) is 0.794. The van der Waals surface area contributed by atoms with Crippen molar-refractivity contribution in [3.63, 3.8) is 0 Å². The second-order valence-electron chi connectivity index (χ2n) is 6.43. The number of carbonyl (C=O) groups excluding carboxylic acids is 1. The average Bonchev–Trinajstić information content (AvgIpc) is 2.66. The van der Waals surface area contributed by atoms with Gasteiger partial charge >= 0.3 is 0 Å². The van der Waals surface area contributed by atoms with Crippen LogP contribution < -0.4 is 15.8 Å². The maximum absolute atomic E-state index is 12.3. The summed E-state index contributed by atoms with van der Waals surface area (Å²) in [6, 6.07) is 15.2. The Morgan fingerprint density at radius 1 is 1.30 bits per heavy atom. The zero-order chi connectivity index (χ0) is 18.6. The number of methoxy groups -OCH3 is 1. The number of amides is 1. The molecule has 144 valence electrons. The van der Waals surface area contributed by atoms with Crippen molar-refractivity contribution in [2.24, 2.45) is 10.7 Å². The third-order valence-electron chi connectivity index (χ3n) is 4.55. The van der Waals surface area contributed by atoms with Gasteiger partial charge in [0, 0.05) is 17.9 Å². The van der Waals surface area contributed by atoms with Crippen LogP contribution >= 0.6 is 24.2 Å². The first-order valence-corrected chi connectivity index (χ1v) is 9.48. The van der Waals surface area contributed by atoms with Crippen LogP contribution in [0.3, 0.4) is 0 Å². The van der Waals surface area contributed by atoms with E-state index in [0.29, 0.717) is 17.3 Å². The highest BCUT2D eigenvalue weighted by atomic mass is 35.5. The van der Waals surface area contributed by atoms with Gasteiger partial charge in [0.2, 0.25) is 0 Å². The molecule has 0 saturated heterocycles. The van der Waals surface area contributed by atoms with E-state index in [1.54, 1.807) is 43.1 Å². The lowest BCUT2D eigenvalue weighted by Crippen LogP contribution is -2.29. The monoisotopic (exact) mass is 405 g/mol. The Kier molecular flexibility index (Phi) is 7.16. The van der Waals surface area contributed by atoms with Crippen LogP contribution in [0.4, 0.5) is 0 Å². The molecule has 2 aromatic rings. The number of rotatable bonds is 5. The van der Waals surface area contributed by atoms with E-state index in [1.165, 1.54) is 0 Å². The summed E-state index contributed by atoms with van der Waals surface area (Å²) in [6.45, 7) is 2.57. The summed E-state index contributed by atoms with van der Waals surface area (Å²) >= 11 is 1.60. The van der Waals surface area contributed by atoms with Crippen LogP contribution in [0.25, 0.3) is 0 Å². The number of nitrogens with two attached hydrogens (primary N) is 1. The average molecular weight is 406 g/mol. The van der Waals surface area contributed by atoms with Crippen LogP contribution in [0.5, 0.6) is 5.75 Å². The van der Waals surface area contributed by atoms with Gasteiger partial charge in [0.25, 0.3) is 5.91 Å². The number of benzene rings is 2. The fourth-order valence-corrected chi connectivity index (χ4v) is 3.91. The number of nitrogens with zero attached hydrogens (tertiary/aromatic N) is 1. The maximum Gasteiger partial charge on any atom is 0.251 e. The molecular formula is C20H24ClN3O2S. The second kappa shape index (κ2) is 9.15. The normalized spacial score (nSPS) is 18.8. The van der Waals surface area contributed by atoms with Crippen molar-refractivity contribution in [3.8, 4) is 5.75 Å². The van der Waals surface area contributed by atoms with Gasteiger partial charge in [0.1, 0.15) is 5.75 Å². The van der Waals surface area contributed by atoms with Gasteiger partial charge in [-0.15, -0.1) is 12.4 Å². The molecule has 0 spiro atoms. The summed E-state index contributed by atoms with van der Waals surface area (Å²) < 4.78 is 5.11. The zero-order valence-corrected chi connectivity index (χ0v) is 17.0. The van der Waals surface area contributed by atoms with E-state index in [2.05, 4.69) is 29.4 Å². The number of nitrogens with one attached hydrogen (secondary N) is 1. The summed E-state index contributed by atoms with van der Waals surface area (Å²) in [6.07, 6.45) is 0.944. The van der Waals surface area contributed by atoms with E-state index in [9.17, 15) is 4.79 Å². The molecule has 1 aliphatic heterocycles. The molecule has 1 heterocycles. The van der Waals surface area contributed by atoms with Gasteiger partial charge in [0.15, 0.2) is 5.17 Å². The molecule has 0 aliphatic carbocycles. The fraction of sp³-hybridized carbons (Fsp3) is 0.300. The number of amidine groups is 1. The molecule has 0 bridgehead atoms. The largest absolute Gasteiger partial charge is 0.497 e. The van der Waals surface area contributed by atoms with Gasteiger partial charge in [-0.3, -0.25) is 9.79 Å². The minimum Gasteiger partial charge on any atom is -0.497 e. The molecule has 1 atom stereocenters. The van der Waals surface area contributed by atoms with E-state index >= 15 is 0 Å². The lowest BCUT2D eigenvalue weighted by Gasteiger charge is -2.30. The Morgan fingerprint density at radius 3 is 2.70 bits per heavy atom. The topological polar surface area (TPSA) is 76.7 Å². The van der Waals surface area contributed by atoms with Crippen LogP contribution in [0.15, 0.2) is 53.5 Å². The highest BCUT2D eigenvalue weighted by Gasteiger charge is 2.29. The molecule has 7 heteroatoms. The van der Waals surface area contributed by atoms with Gasteiger partial charge in [-0.05, 0) is 48.7 Å². The van der Waals surface area contributed by atoms with Gasteiger partial charge in [-0.1, -0.05) is 36.0 Å². The number of hydrogen-bond donors (Lipinski definition) is 2. The lowest BCUT2D eigenvalue weighted by molar-refractivity contribution is 0.0951. The van der Waals surface area contributed by atoms with Crippen molar-refractivity contribution >= 4 is 35.2 Å². The fourth-order valence-electron chi connectivity index (χ4n) is 2.94. The molecule has 3 N–H and O–H groups in total. The van der Waals surface area contributed by atoms with Gasteiger partial charge < -0.3 is 15.8 Å². The first-order chi connectivity index (χ1) is 12.5. The van der Waals surface area contributed by atoms with Gasteiger partial charge in [0.05, 0.1) is 12.6 Å². The minimum atomic E-state index is -0.300. The molecule has 0 saturated carbocycles. The van der Waals surface area contributed by atoms with Crippen LogP contribution in [0.1, 0.15) is 34.8 Å². The molecule has 3 rings (SSSR count). The van der Waals surface area contributed by atoms with Crippen LogP contribution in [-0.2, 0) is 12.1 Å². The Morgan fingerprint density at radius 2 is 2.04 bits per heavy atom. The molecule has 0 radical (unpaired) electrons.